The first-order valence-electron chi connectivity index (χ1n) is 9.21. The second-order valence-corrected chi connectivity index (χ2v) is 7.65. The molecule has 0 aliphatic carbocycles. The van der Waals surface area contributed by atoms with E-state index in [-0.39, 0.29) is 11.5 Å². The average molecular weight is 398 g/mol. The first kappa shape index (κ1) is 18.7. The molecule has 4 rings (SSSR count). The number of piperazine rings is 1. The van der Waals surface area contributed by atoms with Crippen LogP contribution in [0.2, 0.25) is 0 Å². The fraction of sp³-hybridized carbons (Fsp3) is 0.368. The van der Waals surface area contributed by atoms with E-state index in [2.05, 4.69) is 20.2 Å². The van der Waals surface area contributed by atoms with Gasteiger partial charge < -0.3 is 10.2 Å². The topological polar surface area (TPSA) is 82.8 Å². The molecule has 1 aliphatic heterocycles. The minimum atomic E-state index is -0.0516. The Morgan fingerprint density at radius 2 is 2.04 bits per heavy atom. The number of hydrogen-bond acceptors (Lipinski definition) is 7. The Morgan fingerprint density at radius 3 is 2.75 bits per heavy atom. The van der Waals surface area contributed by atoms with Crippen molar-refractivity contribution < 1.29 is 4.79 Å². The van der Waals surface area contributed by atoms with Crippen LogP contribution in [0.5, 0.6) is 0 Å². The third-order valence-electron chi connectivity index (χ3n) is 4.83. The molecule has 0 atom stereocenters. The molecule has 3 aromatic heterocycles. The molecule has 0 saturated carbocycles. The number of nitrogens with zero attached hydrogens (tertiary/aromatic N) is 5. The van der Waals surface area contributed by atoms with Crippen LogP contribution in [-0.4, -0.2) is 63.3 Å². The van der Waals surface area contributed by atoms with Gasteiger partial charge in [-0.05, 0) is 19.2 Å². The van der Waals surface area contributed by atoms with E-state index in [0.29, 0.717) is 36.7 Å². The summed E-state index contributed by atoms with van der Waals surface area (Å²) in [5.41, 5.74) is 2.25. The molecule has 4 heterocycles. The molecule has 0 aromatic carbocycles. The average Bonchev–Trinajstić information content (AvgIpc) is 3.18. The molecule has 0 bridgehead atoms. The van der Waals surface area contributed by atoms with Gasteiger partial charge in [0.15, 0.2) is 4.96 Å². The lowest BCUT2D eigenvalue weighted by atomic mass is 10.2. The van der Waals surface area contributed by atoms with Gasteiger partial charge in [-0.3, -0.25) is 23.9 Å². The van der Waals surface area contributed by atoms with Crippen LogP contribution in [0.3, 0.4) is 0 Å². The molecule has 0 unspecified atom stereocenters. The second-order valence-electron chi connectivity index (χ2n) is 6.78. The van der Waals surface area contributed by atoms with Gasteiger partial charge >= 0.3 is 0 Å². The number of fused-ring (bicyclic) bond motifs is 1. The number of rotatable bonds is 5. The highest BCUT2D eigenvalue weighted by atomic mass is 32.1. The summed E-state index contributed by atoms with van der Waals surface area (Å²) in [4.78, 5) is 38.5. The van der Waals surface area contributed by atoms with Gasteiger partial charge in [0.2, 0.25) is 0 Å². The van der Waals surface area contributed by atoms with Gasteiger partial charge in [-0.1, -0.05) is 0 Å². The standard InChI is InChI=1S/C19H22N6O2S/c1-20-12-15-3-2-14(11-21-15)18(27)24-6-4-23(5-7-24)13-16-10-17(26)25-8-9-28-19(25)22-16/h2-3,8-11,20H,4-7,12-13H2,1H3. The summed E-state index contributed by atoms with van der Waals surface area (Å²) in [6, 6.07) is 5.31. The molecule has 8 nitrogen and oxygen atoms in total. The van der Waals surface area contributed by atoms with Crippen molar-refractivity contribution in [3.8, 4) is 0 Å². The molecule has 1 N–H and O–H groups in total. The summed E-state index contributed by atoms with van der Waals surface area (Å²) in [6.07, 6.45) is 3.39. The van der Waals surface area contributed by atoms with Crippen LogP contribution < -0.4 is 10.9 Å². The van der Waals surface area contributed by atoms with Crippen LogP contribution >= 0.6 is 11.3 Å². The summed E-state index contributed by atoms with van der Waals surface area (Å²) in [5, 5.41) is 4.90. The van der Waals surface area contributed by atoms with Crippen molar-refractivity contribution >= 4 is 22.2 Å². The SMILES string of the molecule is CNCc1ccc(C(=O)N2CCN(Cc3cc(=O)n4ccsc4n3)CC2)cn1. The van der Waals surface area contributed by atoms with E-state index in [1.54, 1.807) is 22.9 Å². The molecular weight excluding hydrogens is 376 g/mol. The van der Waals surface area contributed by atoms with Crippen molar-refractivity contribution in [3.05, 3.63) is 63.3 Å². The monoisotopic (exact) mass is 398 g/mol. The molecule has 0 radical (unpaired) electrons. The Hall–Kier alpha value is -2.62. The fourth-order valence-electron chi connectivity index (χ4n) is 3.33. The lowest BCUT2D eigenvalue weighted by Crippen LogP contribution is -2.48. The highest BCUT2D eigenvalue weighted by molar-refractivity contribution is 7.15. The number of nitrogens with one attached hydrogen (secondary N) is 1. The third kappa shape index (κ3) is 3.96. The van der Waals surface area contributed by atoms with Crippen molar-refractivity contribution in [2.75, 3.05) is 33.2 Å². The predicted molar refractivity (Wildman–Crippen MR) is 108 cm³/mol. The zero-order chi connectivity index (χ0) is 19.5. The van der Waals surface area contributed by atoms with Gasteiger partial charge in [0, 0.05) is 63.1 Å². The van der Waals surface area contributed by atoms with Gasteiger partial charge in [-0.2, -0.15) is 0 Å². The number of carbonyl (C=O) groups excluding carboxylic acids is 1. The Balaban J connectivity index is 1.35. The van der Waals surface area contributed by atoms with Gasteiger partial charge in [0.25, 0.3) is 11.5 Å². The van der Waals surface area contributed by atoms with Crippen LogP contribution in [-0.2, 0) is 13.1 Å². The zero-order valence-corrected chi connectivity index (χ0v) is 16.5. The van der Waals surface area contributed by atoms with Crippen LogP contribution in [0.4, 0.5) is 0 Å². The summed E-state index contributed by atoms with van der Waals surface area (Å²) in [7, 11) is 1.87. The molecule has 1 saturated heterocycles. The van der Waals surface area contributed by atoms with E-state index in [1.807, 2.05) is 29.5 Å². The summed E-state index contributed by atoms with van der Waals surface area (Å²) >= 11 is 1.45. The minimum absolute atomic E-state index is 0.0135. The van der Waals surface area contributed by atoms with Crippen LogP contribution in [0, 0.1) is 0 Å². The fourth-order valence-corrected chi connectivity index (χ4v) is 4.06. The number of thiazole rings is 1. The quantitative estimate of drug-likeness (QED) is 0.686. The number of pyridine rings is 1. The first-order chi connectivity index (χ1) is 13.6. The molecule has 1 fully saturated rings. The summed E-state index contributed by atoms with van der Waals surface area (Å²) < 4.78 is 1.56. The maximum atomic E-state index is 12.7. The van der Waals surface area contributed by atoms with Gasteiger partial charge in [-0.25, -0.2) is 4.98 Å². The molecule has 9 heteroatoms. The van der Waals surface area contributed by atoms with E-state index in [1.165, 1.54) is 11.3 Å². The van der Waals surface area contributed by atoms with Crippen LogP contribution in [0.15, 0.2) is 40.8 Å². The molecule has 1 aliphatic rings. The van der Waals surface area contributed by atoms with E-state index < -0.39 is 0 Å². The van der Waals surface area contributed by atoms with E-state index in [0.717, 1.165) is 24.5 Å². The number of hydrogen-bond donors (Lipinski definition) is 1. The Bertz CT molecular complexity index is 1020. The van der Waals surface area contributed by atoms with E-state index >= 15 is 0 Å². The van der Waals surface area contributed by atoms with Crippen molar-refractivity contribution in [1.29, 1.82) is 0 Å². The van der Waals surface area contributed by atoms with Gasteiger partial charge in [0.05, 0.1) is 17.0 Å². The Labute approximate surface area is 166 Å². The molecule has 1 amide bonds. The highest BCUT2D eigenvalue weighted by Gasteiger charge is 2.23. The van der Waals surface area contributed by atoms with Gasteiger partial charge in [-0.15, -0.1) is 11.3 Å². The smallest absolute Gasteiger partial charge is 0.258 e. The lowest BCUT2D eigenvalue weighted by Gasteiger charge is -2.34. The van der Waals surface area contributed by atoms with Gasteiger partial charge in [0.1, 0.15) is 0 Å². The Morgan fingerprint density at radius 1 is 1.21 bits per heavy atom. The van der Waals surface area contributed by atoms with E-state index in [9.17, 15) is 9.59 Å². The van der Waals surface area contributed by atoms with E-state index in [4.69, 9.17) is 0 Å². The number of carbonyl (C=O) groups is 1. The zero-order valence-electron chi connectivity index (χ0n) is 15.7. The normalized spacial score (nSPS) is 15.2. The van der Waals surface area contributed by atoms with Crippen molar-refractivity contribution in [2.45, 2.75) is 13.1 Å². The highest BCUT2D eigenvalue weighted by Crippen LogP contribution is 2.12. The molecular formula is C19H22N6O2S. The summed E-state index contributed by atoms with van der Waals surface area (Å²) in [5.74, 6) is 0.0135. The maximum absolute atomic E-state index is 12.7. The third-order valence-corrected chi connectivity index (χ3v) is 5.59. The molecule has 3 aromatic rings. The Kier molecular flexibility index (Phi) is 5.47. The maximum Gasteiger partial charge on any atom is 0.258 e. The number of aromatic nitrogens is 3. The van der Waals surface area contributed by atoms with Crippen molar-refractivity contribution in [3.63, 3.8) is 0 Å². The molecule has 28 heavy (non-hydrogen) atoms. The molecule has 146 valence electrons. The second kappa shape index (κ2) is 8.17. The minimum Gasteiger partial charge on any atom is -0.336 e. The van der Waals surface area contributed by atoms with Crippen molar-refractivity contribution in [1.82, 2.24) is 29.5 Å². The largest absolute Gasteiger partial charge is 0.336 e. The first-order valence-corrected chi connectivity index (χ1v) is 10.1. The molecule has 0 spiro atoms. The van der Waals surface area contributed by atoms with Crippen LogP contribution in [0.25, 0.3) is 4.96 Å². The lowest BCUT2D eigenvalue weighted by molar-refractivity contribution is 0.0626. The summed E-state index contributed by atoms with van der Waals surface area (Å²) in [6.45, 7) is 4.10. The van der Waals surface area contributed by atoms with Crippen molar-refractivity contribution in [2.24, 2.45) is 0 Å². The van der Waals surface area contributed by atoms with Crippen LogP contribution in [0.1, 0.15) is 21.7 Å². The number of amides is 1. The predicted octanol–water partition coefficient (Wildman–Crippen LogP) is 0.828.